The third-order valence-electron chi connectivity index (χ3n) is 2.57. The fourth-order valence-electron chi connectivity index (χ4n) is 1.80. The summed E-state index contributed by atoms with van der Waals surface area (Å²) in [5.74, 6) is 0.354. The number of piperidine rings is 1. The van der Waals surface area contributed by atoms with Gasteiger partial charge in [0.05, 0.1) is 7.11 Å². The molecular weight excluding hydrogens is 154 g/mol. The Labute approximate surface area is 73.5 Å². The number of nitrogens with one attached hydrogen (secondary N) is 1. The van der Waals surface area contributed by atoms with Crippen molar-refractivity contribution < 1.29 is 9.53 Å². The van der Waals surface area contributed by atoms with E-state index in [2.05, 4.69) is 12.2 Å². The second-order valence-corrected chi connectivity index (χ2v) is 3.27. The molecule has 1 rings (SSSR count). The van der Waals surface area contributed by atoms with Gasteiger partial charge >= 0.3 is 5.97 Å². The van der Waals surface area contributed by atoms with E-state index in [0.717, 1.165) is 19.4 Å². The number of rotatable bonds is 2. The smallest absolute Gasteiger partial charge is 0.323 e. The third-order valence-corrected chi connectivity index (χ3v) is 2.57. The first kappa shape index (κ1) is 9.52. The molecule has 0 bridgehead atoms. The average molecular weight is 171 g/mol. The van der Waals surface area contributed by atoms with Gasteiger partial charge in [-0.15, -0.1) is 0 Å². The summed E-state index contributed by atoms with van der Waals surface area (Å²) >= 11 is 0. The lowest BCUT2D eigenvalue weighted by molar-refractivity contribution is -0.145. The van der Waals surface area contributed by atoms with Crippen LogP contribution in [-0.4, -0.2) is 25.7 Å². The zero-order valence-corrected chi connectivity index (χ0v) is 7.80. The molecule has 12 heavy (non-hydrogen) atoms. The molecule has 0 unspecified atom stereocenters. The van der Waals surface area contributed by atoms with Gasteiger partial charge in [0.25, 0.3) is 0 Å². The average Bonchev–Trinajstić information content (AvgIpc) is 2.16. The Balaban J connectivity index is 2.52. The monoisotopic (exact) mass is 171 g/mol. The molecule has 1 fully saturated rings. The normalized spacial score (nSPS) is 29.8. The molecule has 0 aliphatic carbocycles. The van der Waals surface area contributed by atoms with Crippen molar-refractivity contribution in [1.29, 1.82) is 0 Å². The fraction of sp³-hybridized carbons (Fsp3) is 0.889. The summed E-state index contributed by atoms with van der Waals surface area (Å²) in [6.45, 7) is 3.06. The lowest BCUT2D eigenvalue weighted by Crippen LogP contribution is -2.47. The van der Waals surface area contributed by atoms with Crippen molar-refractivity contribution in [2.24, 2.45) is 5.92 Å². The van der Waals surface area contributed by atoms with Crippen LogP contribution in [0.4, 0.5) is 0 Å². The number of ether oxygens (including phenoxy) is 1. The second-order valence-electron chi connectivity index (χ2n) is 3.27. The Bertz CT molecular complexity index is 159. The van der Waals surface area contributed by atoms with Crippen LogP contribution in [-0.2, 0) is 9.53 Å². The Kier molecular flexibility index (Phi) is 3.53. The number of methoxy groups -OCH3 is 1. The van der Waals surface area contributed by atoms with Crippen molar-refractivity contribution in [2.45, 2.75) is 32.2 Å². The van der Waals surface area contributed by atoms with Crippen molar-refractivity contribution in [1.82, 2.24) is 5.32 Å². The number of carbonyl (C=O) groups is 1. The molecule has 1 N–H and O–H groups in total. The van der Waals surface area contributed by atoms with Gasteiger partial charge in [-0.3, -0.25) is 4.79 Å². The molecule has 0 radical (unpaired) electrons. The first-order valence-electron chi connectivity index (χ1n) is 4.60. The van der Waals surface area contributed by atoms with Gasteiger partial charge in [-0.2, -0.15) is 0 Å². The quantitative estimate of drug-likeness (QED) is 0.628. The zero-order chi connectivity index (χ0) is 8.97. The van der Waals surface area contributed by atoms with Gasteiger partial charge in [-0.25, -0.2) is 0 Å². The Hall–Kier alpha value is -0.570. The van der Waals surface area contributed by atoms with Crippen LogP contribution in [0.5, 0.6) is 0 Å². The van der Waals surface area contributed by atoms with Crippen LogP contribution < -0.4 is 5.32 Å². The molecule has 0 aromatic carbocycles. The highest BCUT2D eigenvalue weighted by Gasteiger charge is 2.29. The predicted octanol–water partition coefficient (Wildman–Crippen LogP) is 0.938. The number of esters is 1. The minimum Gasteiger partial charge on any atom is -0.468 e. The van der Waals surface area contributed by atoms with Gasteiger partial charge in [-0.05, 0) is 25.3 Å². The lowest BCUT2D eigenvalue weighted by atomic mass is 9.89. The van der Waals surface area contributed by atoms with Gasteiger partial charge in [-0.1, -0.05) is 13.3 Å². The number of carbonyl (C=O) groups excluding carboxylic acids is 1. The highest BCUT2D eigenvalue weighted by molar-refractivity contribution is 5.76. The Morgan fingerprint density at radius 3 is 3.00 bits per heavy atom. The minimum atomic E-state index is -0.110. The molecule has 3 heteroatoms. The standard InChI is InChI=1S/C9H17NO2/c1-3-7-5-4-6-10-8(7)9(11)12-2/h7-8,10H,3-6H2,1-2H3/t7-,8+/m1/s1. The first-order valence-corrected chi connectivity index (χ1v) is 4.60. The maximum Gasteiger partial charge on any atom is 0.323 e. The molecule has 0 spiro atoms. The largest absolute Gasteiger partial charge is 0.468 e. The van der Waals surface area contributed by atoms with E-state index in [1.165, 1.54) is 13.5 Å². The van der Waals surface area contributed by atoms with E-state index in [-0.39, 0.29) is 12.0 Å². The van der Waals surface area contributed by atoms with Crippen LogP contribution in [0, 0.1) is 5.92 Å². The molecule has 0 amide bonds. The van der Waals surface area contributed by atoms with E-state index in [4.69, 9.17) is 4.74 Å². The maximum atomic E-state index is 11.3. The van der Waals surface area contributed by atoms with E-state index >= 15 is 0 Å². The molecule has 1 aliphatic heterocycles. The van der Waals surface area contributed by atoms with Gasteiger partial charge < -0.3 is 10.1 Å². The maximum absolute atomic E-state index is 11.3. The molecule has 3 nitrogen and oxygen atoms in total. The first-order chi connectivity index (χ1) is 5.79. The summed E-state index contributed by atoms with van der Waals surface area (Å²) in [6, 6.07) is -0.0613. The molecule has 1 saturated heterocycles. The molecule has 0 aromatic heterocycles. The highest BCUT2D eigenvalue weighted by atomic mass is 16.5. The van der Waals surface area contributed by atoms with Crippen LogP contribution in [0.1, 0.15) is 26.2 Å². The van der Waals surface area contributed by atoms with Gasteiger partial charge in [0.15, 0.2) is 0 Å². The van der Waals surface area contributed by atoms with Crippen molar-refractivity contribution >= 4 is 5.97 Å². The molecule has 1 aliphatic rings. The summed E-state index contributed by atoms with van der Waals surface area (Å²) in [6.07, 6.45) is 3.36. The van der Waals surface area contributed by atoms with E-state index in [9.17, 15) is 4.79 Å². The van der Waals surface area contributed by atoms with Gasteiger partial charge in [0.2, 0.25) is 0 Å². The van der Waals surface area contributed by atoms with Crippen LogP contribution >= 0.6 is 0 Å². The van der Waals surface area contributed by atoms with Crippen molar-refractivity contribution in [3.8, 4) is 0 Å². The Morgan fingerprint density at radius 1 is 1.67 bits per heavy atom. The van der Waals surface area contributed by atoms with Crippen LogP contribution in [0.3, 0.4) is 0 Å². The van der Waals surface area contributed by atoms with Crippen molar-refractivity contribution in [2.75, 3.05) is 13.7 Å². The zero-order valence-electron chi connectivity index (χ0n) is 7.80. The molecule has 1 heterocycles. The van der Waals surface area contributed by atoms with E-state index in [1.807, 2.05) is 0 Å². The Morgan fingerprint density at radius 2 is 2.42 bits per heavy atom. The summed E-state index contributed by atoms with van der Waals surface area (Å²) in [7, 11) is 1.45. The van der Waals surface area contributed by atoms with Crippen LogP contribution in [0.2, 0.25) is 0 Å². The van der Waals surface area contributed by atoms with Crippen molar-refractivity contribution in [3.05, 3.63) is 0 Å². The summed E-state index contributed by atoms with van der Waals surface area (Å²) in [5.41, 5.74) is 0. The highest BCUT2D eigenvalue weighted by Crippen LogP contribution is 2.20. The summed E-state index contributed by atoms with van der Waals surface area (Å²) in [4.78, 5) is 11.3. The molecule has 0 aromatic rings. The minimum absolute atomic E-state index is 0.0613. The third kappa shape index (κ3) is 1.97. The lowest BCUT2D eigenvalue weighted by Gasteiger charge is -2.29. The molecule has 2 atom stereocenters. The predicted molar refractivity (Wildman–Crippen MR) is 46.8 cm³/mol. The van der Waals surface area contributed by atoms with E-state index in [0.29, 0.717) is 5.92 Å². The summed E-state index contributed by atoms with van der Waals surface area (Å²) < 4.78 is 4.72. The molecule has 70 valence electrons. The summed E-state index contributed by atoms with van der Waals surface area (Å²) in [5, 5.41) is 3.20. The molecule has 0 saturated carbocycles. The van der Waals surface area contributed by atoms with E-state index < -0.39 is 0 Å². The van der Waals surface area contributed by atoms with Gasteiger partial charge in [0, 0.05) is 0 Å². The SMILES string of the molecule is CC[C@@H]1CCCN[C@@H]1C(=O)OC. The van der Waals surface area contributed by atoms with Crippen molar-refractivity contribution in [3.63, 3.8) is 0 Å². The number of hydrogen-bond acceptors (Lipinski definition) is 3. The van der Waals surface area contributed by atoms with Crippen LogP contribution in [0.25, 0.3) is 0 Å². The molecular formula is C9H17NO2. The topological polar surface area (TPSA) is 38.3 Å². The fourth-order valence-corrected chi connectivity index (χ4v) is 1.80. The number of hydrogen-bond donors (Lipinski definition) is 1. The second kappa shape index (κ2) is 4.45. The van der Waals surface area contributed by atoms with E-state index in [1.54, 1.807) is 0 Å². The van der Waals surface area contributed by atoms with Crippen LogP contribution in [0.15, 0.2) is 0 Å². The van der Waals surface area contributed by atoms with Gasteiger partial charge in [0.1, 0.15) is 6.04 Å².